The first-order chi connectivity index (χ1) is 14.0. The van der Waals surface area contributed by atoms with E-state index < -0.39 is 11.2 Å². The van der Waals surface area contributed by atoms with Gasteiger partial charge < -0.3 is 9.32 Å². The maximum absolute atomic E-state index is 13.4. The minimum Gasteiger partial charge on any atom is -0.443 e. The third-order valence-electron chi connectivity index (χ3n) is 5.31. The summed E-state index contributed by atoms with van der Waals surface area (Å²) >= 11 is 0. The van der Waals surface area contributed by atoms with E-state index in [2.05, 4.69) is 9.97 Å². The van der Waals surface area contributed by atoms with E-state index in [4.69, 9.17) is 4.42 Å². The second kappa shape index (κ2) is 7.62. The summed E-state index contributed by atoms with van der Waals surface area (Å²) < 4.78 is 20.7. The minimum atomic E-state index is -0.691. The lowest BCUT2D eigenvalue weighted by Gasteiger charge is -2.32. The van der Waals surface area contributed by atoms with Gasteiger partial charge in [-0.25, -0.2) is 19.2 Å². The Labute approximate surface area is 166 Å². The predicted octanol–water partition coefficient (Wildman–Crippen LogP) is 2.50. The van der Waals surface area contributed by atoms with Crippen molar-refractivity contribution in [2.75, 3.05) is 6.54 Å². The lowest BCUT2D eigenvalue weighted by atomic mass is 9.99. The quantitative estimate of drug-likeness (QED) is 0.662. The van der Waals surface area contributed by atoms with Gasteiger partial charge in [0.25, 0.3) is 0 Å². The fourth-order valence-electron chi connectivity index (χ4n) is 3.81. The highest BCUT2D eigenvalue weighted by Crippen LogP contribution is 2.38. The average Bonchev–Trinajstić information content (AvgIpc) is 3.31. The molecule has 8 heteroatoms. The van der Waals surface area contributed by atoms with Crippen molar-refractivity contribution in [2.45, 2.75) is 38.3 Å². The number of rotatable bonds is 5. The summed E-state index contributed by atoms with van der Waals surface area (Å²) in [4.78, 5) is 34.5. The molecule has 3 aromatic rings. The van der Waals surface area contributed by atoms with Crippen LogP contribution in [0.2, 0.25) is 0 Å². The highest BCUT2D eigenvalue weighted by Gasteiger charge is 2.44. The summed E-state index contributed by atoms with van der Waals surface area (Å²) in [6, 6.07) is 7.95. The standard InChI is InChI=1S/C21H21FN4O3/c1-21(19-24-13-17(29-19)12-15-5-2-6-16(22)11-15)7-3-10-26(21)18(27)14-25-9-4-8-23-20(25)28/h2,4-6,8-9,11,13H,3,7,10,12,14H2,1H3/t21-/m0/s1. The molecule has 0 aliphatic carbocycles. The molecule has 1 aliphatic heterocycles. The fraction of sp³-hybridized carbons (Fsp3) is 0.333. The monoisotopic (exact) mass is 396 g/mol. The van der Waals surface area contributed by atoms with Gasteiger partial charge in [0.05, 0.1) is 6.20 Å². The molecule has 29 heavy (non-hydrogen) atoms. The first-order valence-electron chi connectivity index (χ1n) is 9.47. The number of carbonyl (C=O) groups is 1. The molecule has 2 aromatic heterocycles. The Morgan fingerprint density at radius 2 is 2.17 bits per heavy atom. The molecule has 150 valence electrons. The lowest BCUT2D eigenvalue weighted by Crippen LogP contribution is -2.45. The van der Waals surface area contributed by atoms with Gasteiger partial charge in [0, 0.05) is 25.4 Å². The molecule has 1 aliphatic rings. The summed E-state index contributed by atoms with van der Waals surface area (Å²) in [5.74, 6) is 0.570. The molecular formula is C21H21FN4O3. The zero-order valence-corrected chi connectivity index (χ0v) is 16.0. The number of aromatic nitrogens is 3. The topological polar surface area (TPSA) is 81.2 Å². The second-order valence-electron chi connectivity index (χ2n) is 7.39. The van der Waals surface area contributed by atoms with E-state index in [9.17, 15) is 14.0 Å². The number of hydrogen-bond acceptors (Lipinski definition) is 5. The Kier molecular flexibility index (Phi) is 5.00. The van der Waals surface area contributed by atoms with Crippen LogP contribution in [0.15, 0.2) is 58.1 Å². The molecule has 1 aromatic carbocycles. The van der Waals surface area contributed by atoms with Gasteiger partial charge in [-0.15, -0.1) is 0 Å². The molecule has 1 amide bonds. The number of benzene rings is 1. The Morgan fingerprint density at radius 1 is 1.31 bits per heavy atom. The Hall–Kier alpha value is -3.29. The first-order valence-corrected chi connectivity index (χ1v) is 9.47. The molecule has 3 heterocycles. The largest absolute Gasteiger partial charge is 0.443 e. The van der Waals surface area contributed by atoms with Crippen LogP contribution >= 0.6 is 0 Å². The van der Waals surface area contributed by atoms with Gasteiger partial charge >= 0.3 is 5.69 Å². The summed E-state index contributed by atoms with van der Waals surface area (Å²) in [5, 5.41) is 0. The molecule has 0 unspecified atom stereocenters. The summed E-state index contributed by atoms with van der Waals surface area (Å²) in [7, 11) is 0. The molecule has 0 bridgehead atoms. The van der Waals surface area contributed by atoms with E-state index in [1.165, 1.54) is 22.9 Å². The highest BCUT2D eigenvalue weighted by molar-refractivity contribution is 5.77. The first kappa shape index (κ1) is 19.0. The van der Waals surface area contributed by atoms with Crippen molar-refractivity contribution in [3.8, 4) is 0 Å². The van der Waals surface area contributed by atoms with E-state index in [0.29, 0.717) is 31.0 Å². The molecule has 0 N–H and O–H groups in total. The van der Waals surface area contributed by atoms with Crippen molar-refractivity contribution >= 4 is 5.91 Å². The Balaban J connectivity index is 1.54. The molecule has 7 nitrogen and oxygen atoms in total. The van der Waals surface area contributed by atoms with Crippen molar-refractivity contribution in [1.29, 1.82) is 0 Å². The highest BCUT2D eigenvalue weighted by atomic mass is 19.1. The maximum atomic E-state index is 13.4. The summed E-state index contributed by atoms with van der Waals surface area (Å²) in [6.45, 7) is 2.40. The lowest BCUT2D eigenvalue weighted by molar-refractivity contribution is -0.136. The maximum Gasteiger partial charge on any atom is 0.347 e. The molecule has 1 fully saturated rings. The third kappa shape index (κ3) is 3.83. The van der Waals surface area contributed by atoms with Crippen molar-refractivity contribution in [3.05, 3.63) is 82.4 Å². The summed E-state index contributed by atoms with van der Waals surface area (Å²) in [5.41, 5.74) is -0.369. The minimum absolute atomic E-state index is 0.0842. The van der Waals surface area contributed by atoms with Gasteiger partial charge in [-0.05, 0) is 43.5 Å². The second-order valence-corrected chi connectivity index (χ2v) is 7.39. The molecule has 4 rings (SSSR count). The van der Waals surface area contributed by atoms with Crippen LogP contribution in [0.4, 0.5) is 4.39 Å². The molecule has 0 saturated carbocycles. The van der Waals surface area contributed by atoms with Gasteiger partial charge in [-0.3, -0.25) is 9.36 Å². The van der Waals surface area contributed by atoms with Crippen molar-refractivity contribution in [3.63, 3.8) is 0 Å². The zero-order chi connectivity index (χ0) is 20.4. The van der Waals surface area contributed by atoms with Crippen LogP contribution in [0.3, 0.4) is 0 Å². The smallest absolute Gasteiger partial charge is 0.347 e. The van der Waals surface area contributed by atoms with E-state index in [1.54, 1.807) is 29.4 Å². The number of halogens is 1. The van der Waals surface area contributed by atoms with Crippen molar-refractivity contribution < 1.29 is 13.6 Å². The van der Waals surface area contributed by atoms with Crippen LogP contribution in [0.1, 0.15) is 37.0 Å². The number of amides is 1. The van der Waals surface area contributed by atoms with Crippen LogP contribution < -0.4 is 5.69 Å². The molecule has 1 atom stereocenters. The van der Waals surface area contributed by atoms with E-state index in [0.717, 1.165) is 12.0 Å². The van der Waals surface area contributed by atoms with Crippen molar-refractivity contribution in [1.82, 2.24) is 19.4 Å². The number of oxazole rings is 1. The van der Waals surface area contributed by atoms with Crippen LogP contribution in [0.5, 0.6) is 0 Å². The Bertz CT molecular complexity index is 1090. The molecular weight excluding hydrogens is 375 g/mol. The van der Waals surface area contributed by atoms with Crippen LogP contribution in [0.25, 0.3) is 0 Å². The van der Waals surface area contributed by atoms with E-state index >= 15 is 0 Å². The SMILES string of the molecule is C[C@@]1(c2ncc(Cc3cccc(F)c3)o2)CCCN1C(=O)Cn1cccnc1=O. The molecule has 0 radical (unpaired) electrons. The average molecular weight is 396 g/mol. The van der Waals surface area contributed by atoms with Gasteiger partial charge in [0.2, 0.25) is 11.8 Å². The molecule has 0 spiro atoms. The number of nitrogens with zero attached hydrogens (tertiary/aromatic N) is 4. The van der Waals surface area contributed by atoms with Crippen LogP contribution in [-0.4, -0.2) is 31.9 Å². The van der Waals surface area contributed by atoms with E-state index in [1.807, 2.05) is 13.0 Å². The third-order valence-corrected chi connectivity index (χ3v) is 5.31. The van der Waals surface area contributed by atoms with Crippen LogP contribution in [0, 0.1) is 5.82 Å². The van der Waals surface area contributed by atoms with Gasteiger partial charge in [-0.2, -0.15) is 0 Å². The Morgan fingerprint density at radius 3 is 2.97 bits per heavy atom. The number of carbonyl (C=O) groups excluding carboxylic acids is 1. The predicted molar refractivity (Wildman–Crippen MR) is 103 cm³/mol. The number of hydrogen-bond donors (Lipinski definition) is 0. The van der Waals surface area contributed by atoms with Crippen molar-refractivity contribution in [2.24, 2.45) is 0 Å². The fourth-order valence-corrected chi connectivity index (χ4v) is 3.81. The van der Waals surface area contributed by atoms with Crippen LogP contribution in [-0.2, 0) is 23.3 Å². The normalized spacial score (nSPS) is 18.9. The van der Waals surface area contributed by atoms with Gasteiger partial charge in [0.15, 0.2) is 0 Å². The van der Waals surface area contributed by atoms with E-state index in [-0.39, 0.29) is 18.3 Å². The van der Waals surface area contributed by atoms with Gasteiger partial charge in [0.1, 0.15) is 23.7 Å². The molecule has 1 saturated heterocycles. The number of likely N-dealkylation sites (tertiary alicyclic amines) is 1. The van der Waals surface area contributed by atoms with Gasteiger partial charge in [-0.1, -0.05) is 12.1 Å². The zero-order valence-electron chi connectivity index (χ0n) is 16.0. The summed E-state index contributed by atoms with van der Waals surface area (Å²) in [6.07, 6.45) is 6.50.